The molecule has 2 heterocycles. The zero-order valence-corrected chi connectivity index (χ0v) is 10.4. The molecule has 2 aromatic heterocycles. The Hall–Kier alpha value is -1.89. The number of nitrogen functional groups attached to an aromatic ring is 1. The molecule has 0 saturated carbocycles. The van der Waals surface area contributed by atoms with Crippen molar-refractivity contribution in [1.29, 1.82) is 0 Å². The van der Waals surface area contributed by atoms with Crippen molar-refractivity contribution in [3.63, 3.8) is 0 Å². The lowest BCUT2D eigenvalue weighted by Gasteiger charge is -1.99. The number of hydrogen-bond donors (Lipinski definition) is 3. The highest BCUT2D eigenvalue weighted by Crippen LogP contribution is 2.19. The van der Waals surface area contributed by atoms with E-state index in [4.69, 9.17) is 5.73 Å². The van der Waals surface area contributed by atoms with Crippen molar-refractivity contribution in [2.24, 2.45) is 0 Å². The van der Waals surface area contributed by atoms with Crippen LogP contribution in [0.15, 0.2) is 6.20 Å². The summed E-state index contributed by atoms with van der Waals surface area (Å²) in [5.41, 5.74) is 7.19. The van der Waals surface area contributed by atoms with Crippen LogP contribution in [-0.2, 0) is 6.42 Å². The van der Waals surface area contributed by atoms with Crippen molar-refractivity contribution in [2.45, 2.75) is 20.3 Å². The molecule has 2 rings (SSSR count). The third-order valence-corrected chi connectivity index (χ3v) is 3.12. The molecule has 0 aliphatic rings. The van der Waals surface area contributed by atoms with Gasteiger partial charge in [0.25, 0.3) is 5.91 Å². The molecule has 2 aromatic rings. The van der Waals surface area contributed by atoms with Gasteiger partial charge in [0.05, 0.1) is 11.4 Å². The van der Waals surface area contributed by atoms with Gasteiger partial charge in [0.15, 0.2) is 10.8 Å². The second-order valence-electron chi connectivity index (χ2n) is 3.55. The smallest absolute Gasteiger partial charge is 0.280 e. The van der Waals surface area contributed by atoms with E-state index in [1.807, 2.05) is 13.8 Å². The van der Waals surface area contributed by atoms with Crippen LogP contribution < -0.4 is 11.1 Å². The summed E-state index contributed by atoms with van der Waals surface area (Å²) in [5, 5.41) is 9.86. The van der Waals surface area contributed by atoms with Crippen molar-refractivity contribution < 1.29 is 4.79 Å². The Morgan fingerprint density at radius 3 is 2.94 bits per heavy atom. The lowest BCUT2D eigenvalue weighted by atomic mass is 10.2. The van der Waals surface area contributed by atoms with E-state index in [-0.39, 0.29) is 11.6 Å². The summed E-state index contributed by atoms with van der Waals surface area (Å²) in [5.74, 6) is -0.340. The molecule has 0 aliphatic carbocycles. The molecular formula is C10H13N5OS. The Labute approximate surface area is 102 Å². The summed E-state index contributed by atoms with van der Waals surface area (Å²) in [4.78, 5) is 16.9. The second kappa shape index (κ2) is 4.54. The number of amides is 1. The van der Waals surface area contributed by atoms with Gasteiger partial charge in [-0.15, -0.1) is 11.3 Å². The van der Waals surface area contributed by atoms with Crippen LogP contribution in [0.25, 0.3) is 0 Å². The third kappa shape index (κ3) is 2.28. The van der Waals surface area contributed by atoms with Crippen molar-refractivity contribution in [3.05, 3.63) is 22.5 Å². The van der Waals surface area contributed by atoms with Crippen LogP contribution in [0.4, 0.5) is 10.8 Å². The van der Waals surface area contributed by atoms with E-state index < -0.39 is 0 Å². The van der Waals surface area contributed by atoms with Crippen LogP contribution in [-0.4, -0.2) is 21.1 Å². The van der Waals surface area contributed by atoms with Crippen LogP contribution in [0.5, 0.6) is 0 Å². The van der Waals surface area contributed by atoms with E-state index in [9.17, 15) is 4.79 Å². The van der Waals surface area contributed by atoms with E-state index in [0.29, 0.717) is 17.2 Å². The average molecular weight is 251 g/mol. The van der Waals surface area contributed by atoms with Crippen LogP contribution in [0.2, 0.25) is 0 Å². The number of carbonyl (C=O) groups is 1. The molecule has 0 unspecified atom stereocenters. The minimum Gasteiger partial charge on any atom is -0.395 e. The number of thiazole rings is 1. The zero-order chi connectivity index (χ0) is 12.4. The number of nitrogens with one attached hydrogen (secondary N) is 2. The molecule has 0 aliphatic heterocycles. The molecule has 0 fully saturated rings. The first-order valence-electron chi connectivity index (χ1n) is 5.18. The fraction of sp³-hybridized carbons (Fsp3) is 0.300. The highest BCUT2D eigenvalue weighted by Gasteiger charge is 2.17. The van der Waals surface area contributed by atoms with Crippen LogP contribution >= 0.6 is 11.3 Å². The van der Waals surface area contributed by atoms with Crippen molar-refractivity contribution in [3.8, 4) is 0 Å². The van der Waals surface area contributed by atoms with E-state index >= 15 is 0 Å². The molecule has 17 heavy (non-hydrogen) atoms. The minimum atomic E-state index is -0.340. The molecule has 0 atom stereocenters. The number of aromatic nitrogens is 3. The highest BCUT2D eigenvalue weighted by molar-refractivity contribution is 7.15. The number of aromatic amines is 1. The summed E-state index contributed by atoms with van der Waals surface area (Å²) in [7, 11) is 0. The SMILES string of the molecule is CCc1[nH]nc(C(=O)Nc2ncc(C)s2)c1N. The average Bonchev–Trinajstić information content (AvgIpc) is 2.85. The van der Waals surface area contributed by atoms with Crippen LogP contribution in [0.3, 0.4) is 0 Å². The predicted octanol–water partition coefficient (Wildman–Crippen LogP) is 1.57. The van der Waals surface area contributed by atoms with E-state index in [1.54, 1.807) is 6.20 Å². The van der Waals surface area contributed by atoms with Gasteiger partial charge in [0.2, 0.25) is 0 Å². The predicted molar refractivity (Wildman–Crippen MR) is 67.2 cm³/mol. The number of rotatable bonds is 3. The summed E-state index contributed by atoms with van der Waals surface area (Å²) in [6, 6.07) is 0. The molecule has 90 valence electrons. The highest BCUT2D eigenvalue weighted by atomic mass is 32.1. The fourth-order valence-electron chi connectivity index (χ4n) is 1.40. The molecule has 0 saturated heterocycles. The molecular weight excluding hydrogens is 238 g/mol. The maximum atomic E-state index is 11.9. The lowest BCUT2D eigenvalue weighted by molar-refractivity contribution is 0.102. The quantitative estimate of drug-likeness (QED) is 0.771. The first-order valence-corrected chi connectivity index (χ1v) is 6.00. The first-order chi connectivity index (χ1) is 8.11. The number of anilines is 2. The lowest BCUT2D eigenvalue weighted by Crippen LogP contribution is -2.14. The van der Waals surface area contributed by atoms with Gasteiger partial charge in [-0.05, 0) is 13.3 Å². The summed E-state index contributed by atoms with van der Waals surface area (Å²) >= 11 is 1.41. The van der Waals surface area contributed by atoms with E-state index in [2.05, 4.69) is 20.5 Å². The molecule has 7 heteroatoms. The summed E-state index contributed by atoms with van der Waals surface area (Å²) in [6.07, 6.45) is 2.41. The standard InChI is InChI=1S/C10H13N5OS/c1-3-6-7(11)8(15-14-6)9(16)13-10-12-4-5(2)17-10/h4H,3,11H2,1-2H3,(H,14,15)(H,12,13,16). The topological polar surface area (TPSA) is 96.7 Å². The van der Waals surface area contributed by atoms with E-state index in [1.165, 1.54) is 11.3 Å². The zero-order valence-electron chi connectivity index (χ0n) is 9.57. The van der Waals surface area contributed by atoms with Gasteiger partial charge in [-0.1, -0.05) is 6.92 Å². The monoisotopic (exact) mass is 251 g/mol. The van der Waals surface area contributed by atoms with Crippen molar-refractivity contribution >= 4 is 28.1 Å². The van der Waals surface area contributed by atoms with Gasteiger partial charge < -0.3 is 5.73 Å². The maximum absolute atomic E-state index is 11.9. The van der Waals surface area contributed by atoms with Crippen molar-refractivity contribution in [2.75, 3.05) is 11.1 Å². The Morgan fingerprint density at radius 1 is 1.65 bits per heavy atom. The first kappa shape index (κ1) is 11.6. The third-order valence-electron chi connectivity index (χ3n) is 2.29. The number of aryl methyl sites for hydroxylation is 2. The normalized spacial score (nSPS) is 10.5. The molecule has 1 amide bonds. The Balaban J connectivity index is 2.17. The largest absolute Gasteiger partial charge is 0.395 e. The minimum absolute atomic E-state index is 0.217. The van der Waals surface area contributed by atoms with Gasteiger partial charge in [0, 0.05) is 11.1 Å². The molecule has 0 radical (unpaired) electrons. The molecule has 0 aromatic carbocycles. The number of H-pyrrole nitrogens is 1. The molecule has 0 bridgehead atoms. The Morgan fingerprint density at radius 2 is 2.41 bits per heavy atom. The molecule has 4 N–H and O–H groups in total. The summed E-state index contributed by atoms with van der Waals surface area (Å²) in [6.45, 7) is 3.86. The van der Waals surface area contributed by atoms with E-state index in [0.717, 1.165) is 10.6 Å². The van der Waals surface area contributed by atoms with Crippen LogP contribution in [0.1, 0.15) is 28.0 Å². The van der Waals surface area contributed by atoms with Gasteiger partial charge in [-0.25, -0.2) is 4.98 Å². The number of nitrogens with two attached hydrogens (primary N) is 1. The van der Waals surface area contributed by atoms with Crippen molar-refractivity contribution in [1.82, 2.24) is 15.2 Å². The second-order valence-corrected chi connectivity index (χ2v) is 4.78. The maximum Gasteiger partial charge on any atom is 0.280 e. The number of hydrogen-bond acceptors (Lipinski definition) is 5. The van der Waals surface area contributed by atoms with Gasteiger partial charge >= 0.3 is 0 Å². The van der Waals surface area contributed by atoms with Gasteiger partial charge in [0.1, 0.15) is 0 Å². The number of carbonyl (C=O) groups excluding carboxylic acids is 1. The van der Waals surface area contributed by atoms with Crippen LogP contribution in [0, 0.1) is 6.92 Å². The molecule has 6 nitrogen and oxygen atoms in total. The summed E-state index contributed by atoms with van der Waals surface area (Å²) < 4.78 is 0. The molecule has 0 spiro atoms. The Bertz CT molecular complexity index is 545. The Kier molecular flexibility index (Phi) is 3.10. The number of nitrogens with zero attached hydrogens (tertiary/aromatic N) is 2. The fourth-order valence-corrected chi connectivity index (χ4v) is 2.06. The van der Waals surface area contributed by atoms with Gasteiger partial charge in [-0.3, -0.25) is 15.2 Å². The van der Waals surface area contributed by atoms with Gasteiger partial charge in [-0.2, -0.15) is 5.10 Å².